The lowest BCUT2D eigenvalue weighted by atomic mass is 10.0. The fourth-order valence-corrected chi connectivity index (χ4v) is 1.64. The van der Waals surface area contributed by atoms with Crippen LogP contribution in [0.3, 0.4) is 0 Å². The van der Waals surface area contributed by atoms with Crippen LogP contribution < -0.4 is 5.32 Å². The van der Waals surface area contributed by atoms with E-state index in [0.717, 1.165) is 12.1 Å². The van der Waals surface area contributed by atoms with Gasteiger partial charge in [0.25, 0.3) is 0 Å². The topological polar surface area (TPSA) is 136 Å². The van der Waals surface area contributed by atoms with Crippen molar-refractivity contribution in [1.82, 2.24) is 5.32 Å². The molecule has 0 heterocycles. The Bertz CT molecular complexity index is 577. The van der Waals surface area contributed by atoms with Gasteiger partial charge in [-0.25, -0.2) is 9.59 Å². The van der Waals surface area contributed by atoms with Gasteiger partial charge in [-0.15, -0.1) is 0 Å². The van der Waals surface area contributed by atoms with Crippen LogP contribution in [0.25, 0.3) is 0 Å². The van der Waals surface area contributed by atoms with Crippen molar-refractivity contribution in [2.45, 2.75) is 38.8 Å². The van der Waals surface area contributed by atoms with Crippen molar-refractivity contribution in [2.24, 2.45) is 0 Å². The van der Waals surface area contributed by atoms with E-state index in [4.69, 9.17) is 9.84 Å². The van der Waals surface area contributed by atoms with Gasteiger partial charge in [-0.2, -0.15) is 0 Å². The third-order valence-electron chi connectivity index (χ3n) is 2.59. The summed E-state index contributed by atoms with van der Waals surface area (Å²) in [5.41, 5.74) is -0.731. The Labute approximate surface area is 127 Å². The van der Waals surface area contributed by atoms with Crippen molar-refractivity contribution in [3.8, 4) is 17.2 Å². The molecule has 8 heteroatoms. The number of aromatic hydroxyl groups is 3. The highest BCUT2D eigenvalue weighted by molar-refractivity contribution is 5.80. The largest absolute Gasteiger partial charge is 0.508 e. The number of benzene rings is 1. The first kappa shape index (κ1) is 17.4. The maximum Gasteiger partial charge on any atom is 0.408 e. The normalized spacial score (nSPS) is 12.5. The highest BCUT2D eigenvalue weighted by atomic mass is 16.6. The van der Waals surface area contributed by atoms with Gasteiger partial charge in [-0.1, -0.05) is 0 Å². The van der Waals surface area contributed by atoms with Crippen molar-refractivity contribution in [1.29, 1.82) is 0 Å². The van der Waals surface area contributed by atoms with E-state index < -0.39 is 41.0 Å². The molecule has 0 radical (unpaired) electrons. The molecule has 122 valence electrons. The first-order valence-corrected chi connectivity index (χ1v) is 6.45. The average Bonchev–Trinajstić information content (AvgIpc) is 2.32. The molecule has 22 heavy (non-hydrogen) atoms. The smallest absolute Gasteiger partial charge is 0.408 e. The van der Waals surface area contributed by atoms with E-state index in [1.807, 2.05) is 0 Å². The van der Waals surface area contributed by atoms with Gasteiger partial charge in [0, 0.05) is 18.1 Å². The molecule has 0 spiro atoms. The van der Waals surface area contributed by atoms with E-state index in [1.165, 1.54) is 0 Å². The standard InChI is InChI=1S/C14H19NO7/c1-14(2,3)22-13(21)15-8(12(19)20)4-7-5-10(17)11(18)6-9(7)16/h5-6,8,16-18H,4H2,1-3H3,(H,15,21)(H,19,20). The Morgan fingerprint density at radius 2 is 1.68 bits per heavy atom. The Kier molecular flexibility index (Phi) is 5.08. The fourth-order valence-electron chi connectivity index (χ4n) is 1.64. The third-order valence-corrected chi connectivity index (χ3v) is 2.59. The van der Waals surface area contributed by atoms with Gasteiger partial charge in [0.05, 0.1) is 0 Å². The van der Waals surface area contributed by atoms with Gasteiger partial charge in [0.15, 0.2) is 11.5 Å². The number of phenols is 3. The molecule has 0 aliphatic carbocycles. The SMILES string of the molecule is CC(C)(C)OC(=O)NC(Cc1cc(O)c(O)cc1O)C(=O)O. The number of alkyl carbamates (subject to hydrolysis) is 1. The molecule has 0 aromatic heterocycles. The minimum Gasteiger partial charge on any atom is -0.508 e. The van der Waals surface area contributed by atoms with Crippen molar-refractivity contribution >= 4 is 12.1 Å². The molecule has 0 saturated carbocycles. The third kappa shape index (κ3) is 5.04. The summed E-state index contributed by atoms with van der Waals surface area (Å²) >= 11 is 0. The number of carboxylic acid groups (broad SMARTS) is 1. The molecule has 1 rings (SSSR count). The molecule has 8 nitrogen and oxygen atoms in total. The molecule has 1 amide bonds. The second-order valence-electron chi connectivity index (χ2n) is 5.71. The minimum atomic E-state index is -1.37. The average molecular weight is 313 g/mol. The summed E-state index contributed by atoms with van der Waals surface area (Å²) in [5, 5.41) is 39.6. The van der Waals surface area contributed by atoms with Crippen molar-refractivity contribution in [2.75, 3.05) is 0 Å². The van der Waals surface area contributed by atoms with Crippen LogP contribution in [0.5, 0.6) is 17.2 Å². The molecular formula is C14H19NO7. The van der Waals surface area contributed by atoms with E-state index in [1.54, 1.807) is 20.8 Å². The zero-order chi connectivity index (χ0) is 17.1. The van der Waals surface area contributed by atoms with E-state index in [0.29, 0.717) is 0 Å². The molecule has 1 aromatic carbocycles. The summed E-state index contributed by atoms with van der Waals surface area (Å²) < 4.78 is 4.96. The van der Waals surface area contributed by atoms with Crippen LogP contribution in [-0.2, 0) is 16.0 Å². The molecule has 0 aliphatic heterocycles. The van der Waals surface area contributed by atoms with E-state index >= 15 is 0 Å². The van der Waals surface area contributed by atoms with Crippen LogP contribution >= 0.6 is 0 Å². The Morgan fingerprint density at radius 3 is 2.18 bits per heavy atom. The predicted molar refractivity (Wildman–Crippen MR) is 75.9 cm³/mol. The van der Waals surface area contributed by atoms with Gasteiger partial charge >= 0.3 is 12.1 Å². The number of nitrogens with one attached hydrogen (secondary N) is 1. The Balaban J connectivity index is 2.88. The fraction of sp³-hybridized carbons (Fsp3) is 0.429. The minimum absolute atomic E-state index is 0.0544. The van der Waals surface area contributed by atoms with Crippen molar-refractivity contribution in [3.05, 3.63) is 17.7 Å². The van der Waals surface area contributed by atoms with Crippen LogP contribution in [0.1, 0.15) is 26.3 Å². The predicted octanol–water partition coefficient (Wildman–Crippen LogP) is 1.32. The molecule has 5 N–H and O–H groups in total. The number of aliphatic carboxylic acids is 1. The Hall–Kier alpha value is -2.64. The van der Waals surface area contributed by atoms with Crippen LogP contribution in [0.2, 0.25) is 0 Å². The first-order chi connectivity index (χ1) is 9.99. The van der Waals surface area contributed by atoms with Gasteiger partial charge in [0.1, 0.15) is 17.4 Å². The summed E-state index contributed by atoms with van der Waals surface area (Å²) in [4.78, 5) is 22.8. The number of amides is 1. The number of carbonyl (C=O) groups is 2. The monoisotopic (exact) mass is 313 g/mol. The molecule has 1 atom stereocenters. The summed E-state index contributed by atoms with van der Waals surface area (Å²) in [6.45, 7) is 4.89. The molecule has 1 unspecified atom stereocenters. The maximum absolute atomic E-state index is 11.6. The molecule has 1 aromatic rings. The second kappa shape index (κ2) is 6.42. The van der Waals surface area contributed by atoms with Gasteiger partial charge in [0.2, 0.25) is 0 Å². The van der Waals surface area contributed by atoms with E-state index in [9.17, 15) is 24.9 Å². The van der Waals surface area contributed by atoms with Crippen molar-refractivity contribution < 1.29 is 34.8 Å². The lowest BCUT2D eigenvalue weighted by molar-refractivity contribution is -0.139. The molecule has 0 fully saturated rings. The van der Waals surface area contributed by atoms with Gasteiger partial charge in [-0.3, -0.25) is 0 Å². The van der Waals surface area contributed by atoms with Crippen LogP contribution in [0, 0.1) is 0 Å². The lowest BCUT2D eigenvalue weighted by Gasteiger charge is -2.22. The van der Waals surface area contributed by atoms with E-state index in [-0.39, 0.29) is 12.0 Å². The lowest BCUT2D eigenvalue weighted by Crippen LogP contribution is -2.44. The number of hydrogen-bond donors (Lipinski definition) is 5. The molecular weight excluding hydrogens is 294 g/mol. The number of rotatable bonds is 4. The van der Waals surface area contributed by atoms with Crippen LogP contribution in [0.4, 0.5) is 4.79 Å². The Morgan fingerprint density at radius 1 is 1.14 bits per heavy atom. The maximum atomic E-state index is 11.6. The highest BCUT2D eigenvalue weighted by Gasteiger charge is 2.25. The van der Waals surface area contributed by atoms with Crippen molar-refractivity contribution in [3.63, 3.8) is 0 Å². The number of phenolic OH excluding ortho intramolecular Hbond substituents is 3. The van der Waals surface area contributed by atoms with Gasteiger partial charge in [-0.05, 0) is 26.8 Å². The summed E-state index contributed by atoms with van der Waals surface area (Å²) in [5.74, 6) is -2.77. The highest BCUT2D eigenvalue weighted by Crippen LogP contribution is 2.32. The van der Waals surface area contributed by atoms with E-state index in [2.05, 4.69) is 5.32 Å². The summed E-state index contributed by atoms with van der Waals surface area (Å²) in [6.07, 6.45) is -1.21. The number of hydrogen-bond acceptors (Lipinski definition) is 6. The number of ether oxygens (including phenoxy) is 1. The van der Waals surface area contributed by atoms with Crippen LogP contribution in [-0.4, -0.2) is 44.1 Å². The zero-order valence-electron chi connectivity index (χ0n) is 12.5. The first-order valence-electron chi connectivity index (χ1n) is 6.45. The number of carbonyl (C=O) groups excluding carboxylic acids is 1. The molecule has 0 bridgehead atoms. The van der Waals surface area contributed by atoms with Crippen LogP contribution in [0.15, 0.2) is 12.1 Å². The molecule has 0 aliphatic rings. The summed E-state index contributed by atoms with van der Waals surface area (Å²) in [6, 6.07) is 0.540. The van der Waals surface area contributed by atoms with Gasteiger partial charge < -0.3 is 30.5 Å². The summed E-state index contributed by atoms with van der Waals surface area (Å²) in [7, 11) is 0. The second-order valence-corrected chi connectivity index (χ2v) is 5.71. The molecule has 0 saturated heterocycles. The quantitative estimate of drug-likeness (QED) is 0.417. The zero-order valence-corrected chi connectivity index (χ0v) is 12.5. The number of carboxylic acids is 1.